The molecule has 17 heavy (non-hydrogen) atoms. The Hall–Kier alpha value is -1.35. The van der Waals surface area contributed by atoms with E-state index in [1.165, 1.54) is 36.0 Å². The van der Waals surface area contributed by atoms with Gasteiger partial charge < -0.3 is 10.1 Å². The minimum Gasteiger partial charge on any atom is -0.370 e. The van der Waals surface area contributed by atoms with Gasteiger partial charge in [0.1, 0.15) is 12.4 Å². The lowest BCUT2D eigenvalue weighted by Crippen LogP contribution is -2.23. The number of rotatable bonds is 4. The van der Waals surface area contributed by atoms with Crippen LogP contribution < -0.4 is 5.32 Å². The average molecular weight is 230 g/mol. The summed E-state index contributed by atoms with van der Waals surface area (Å²) in [6.45, 7) is 3.14. The molecule has 1 aliphatic heterocycles. The molecule has 0 bridgehead atoms. The summed E-state index contributed by atoms with van der Waals surface area (Å²) in [5.41, 5.74) is 4.32. The lowest BCUT2D eigenvalue weighted by Gasteiger charge is -2.07. The fourth-order valence-corrected chi connectivity index (χ4v) is 2.52. The SMILES string of the molecule is c1cc2c(cc1COCC1=NCCN1)CCC2. The Kier molecular flexibility index (Phi) is 3.10. The van der Waals surface area contributed by atoms with Crippen molar-refractivity contribution in [1.29, 1.82) is 0 Å². The normalized spacial score (nSPS) is 17.8. The number of ether oxygens (including phenoxy) is 1. The molecule has 0 aromatic heterocycles. The van der Waals surface area contributed by atoms with E-state index in [9.17, 15) is 0 Å². The lowest BCUT2D eigenvalue weighted by molar-refractivity contribution is 0.156. The summed E-state index contributed by atoms with van der Waals surface area (Å²) in [6, 6.07) is 6.74. The van der Waals surface area contributed by atoms with E-state index in [0.717, 1.165) is 18.9 Å². The third-order valence-corrected chi connectivity index (χ3v) is 3.41. The van der Waals surface area contributed by atoms with Crippen LogP contribution >= 0.6 is 0 Å². The molecule has 0 atom stereocenters. The summed E-state index contributed by atoms with van der Waals surface area (Å²) >= 11 is 0. The van der Waals surface area contributed by atoms with Gasteiger partial charge in [0.05, 0.1) is 13.2 Å². The van der Waals surface area contributed by atoms with Crippen LogP contribution in [0.25, 0.3) is 0 Å². The monoisotopic (exact) mass is 230 g/mol. The molecule has 1 aromatic rings. The minimum atomic E-state index is 0.608. The third kappa shape index (κ3) is 2.50. The number of nitrogens with zero attached hydrogens (tertiary/aromatic N) is 1. The first-order chi connectivity index (χ1) is 8.42. The van der Waals surface area contributed by atoms with Crippen molar-refractivity contribution in [1.82, 2.24) is 5.32 Å². The largest absolute Gasteiger partial charge is 0.370 e. The molecular weight excluding hydrogens is 212 g/mol. The van der Waals surface area contributed by atoms with Crippen LogP contribution in [0.1, 0.15) is 23.1 Å². The molecule has 0 saturated heterocycles. The van der Waals surface area contributed by atoms with E-state index in [1.807, 2.05) is 0 Å². The highest BCUT2D eigenvalue weighted by molar-refractivity contribution is 5.84. The van der Waals surface area contributed by atoms with Gasteiger partial charge in [-0.05, 0) is 36.0 Å². The maximum Gasteiger partial charge on any atom is 0.123 e. The summed E-state index contributed by atoms with van der Waals surface area (Å²) in [6.07, 6.45) is 3.79. The number of fused-ring (bicyclic) bond motifs is 1. The zero-order valence-corrected chi connectivity index (χ0v) is 10.0. The third-order valence-electron chi connectivity index (χ3n) is 3.41. The Morgan fingerprint density at radius 1 is 1.18 bits per heavy atom. The van der Waals surface area contributed by atoms with Gasteiger partial charge >= 0.3 is 0 Å². The van der Waals surface area contributed by atoms with E-state index in [0.29, 0.717) is 13.2 Å². The zero-order valence-electron chi connectivity index (χ0n) is 10.0. The van der Waals surface area contributed by atoms with Crippen molar-refractivity contribution >= 4 is 5.84 Å². The first-order valence-corrected chi connectivity index (χ1v) is 6.37. The van der Waals surface area contributed by atoms with Crippen LogP contribution in [0, 0.1) is 0 Å². The molecule has 0 radical (unpaired) electrons. The van der Waals surface area contributed by atoms with Crippen molar-refractivity contribution in [3.8, 4) is 0 Å². The van der Waals surface area contributed by atoms with E-state index in [4.69, 9.17) is 4.74 Å². The van der Waals surface area contributed by atoms with Crippen LogP contribution in [0.4, 0.5) is 0 Å². The molecular formula is C14H18N2O. The van der Waals surface area contributed by atoms with Gasteiger partial charge in [-0.25, -0.2) is 0 Å². The molecule has 1 N–H and O–H groups in total. The van der Waals surface area contributed by atoms with Gasteiger partial charge in [-0.3, -0.25) is 4.99 Å². The summed E-state index contributed by atoms with van der Waals surface area (Å²) in [4.78, 5) is 4.31. The minimum absolute atomic E-state index is 0.608. The predicted octanol–water partition coefficient (Wildman–Crippen LogP) is 1.69. The van der Waals surface area contributed by atoms with Crippen LogP contribution in [0.3, 0.4) is 0 Å². The Labute approximate surface area is 102 Å². The molecule has 0 fully saturated rings. The van der Waals surface area contributed by atoms with Gasteiger partial charge in [-0.15, -0.1) is 0 Å². The Balaban J connectivity index is 1.54. The fraction of sp³-hybridized carbons (Fsp3) is 0.500. The van der Waals surface area contributed by atoms with Crippen molar-refractivity contribution in [2.75, 3.05) is 19.7 Å². The van der Waals surface area contributed by atoms with Gasteiger partial charge in [0.2, 0.25) is 0 Å². The summed E-state index contributed by atoms with van der Waals surface area (Å²) < 4.78 is 5.67. The van der Waals surface area contributed by atoms with Crippen LogP contribution in [0.2, 0.25) is 0 Å². The number of nitrogens with one attached hydrogen (secondary N) is 1. The topological polar surface area (TPSA) is 33.6 Å². The quantitative estimate of drug-likeness (QED) is 0.854. The van der Waals surface area contributed by atoms with Gasteiger partial charge in [0, 0.05) is 6.54 Å². The van der Waals surface area contributed by atoms with Crippen LogP contribution in [0.5, 0.6) is 0 Å². The van der Waals surface area contributed by atoms with E-state index in [-0.39, 0.29) is 0 Å². The second-order valence-corrected chi connectivity index (χ2v) is 4.70. The molecule has 1 aromatic carbocycles. The van der Waals surface area contributed by atoms with Crippen molar-refractivity contribution in [3.05, 3.63) is 34.9 Å². The van der Waals surface area contributed by atoms with Crippen molar-refractivity contribution < 1.29 is 4.74 Å². The second kappa shape index (κ2) is 4.88. The highest BCUT2D eigenvalue weighted by Gasteiger charge is 2.11. The number of hydrogen-bond acceptors (Lipinski definition) is 3. The number of benzene rings is 1. The van der Waals surface area contributed by atoms with Crippen molar-refractivity contribution in [3.63, 3.8) is 0 Å². The molecule has 2 aliphatic rings. The zero-order chi connectivity index (χ0) is 11.5. The molecule has 0 saturated carbocycles. The van der Waals surface area contributed by atoms with E-state index < -0.39 is 0 Å². The molecule has 90 valence electrons. The standard InChI is InChI=1S/C14H18N2O/c1-2-12-5-4-11(8-13(12)3-1)9-17-10-14-15-6-7-16-14/h4-5,8H,1-3,6-7,9-10H2,(H,15,16). The number of aryl methyl sites for hydroxylation is 2. The fourth-order valence-electron chi connectivity index (χ4n) is 2.52. The van der Waals surface area contributed by atoms with Gasteiger partial charge in [-0.2, -0.15) is 0 Å². The van der Waals surface area contributed by atoms with Gasteiger partial charge in [0.25, 0.3) is 0 Å². The Morgan fingerprint density at radius 3 is 3.00 bits per heavy atom. The molecule has 0 spiro atoms. The average Bonchev–Trinajstić information content (AvgIpc) is 2.98. The maximum atomic E-state index is 5.67. The number of aliphatic imine (C=N–C) groups is 1. The molecule has 3 heteroatoms. The Bertz CT molecular complexity index is 440. The molecule has 0 unspecified atom stereocenters. The lowest BCUT2D eigenvalue weighted by atomic mass is 10.1. The highest BCUT2D eigenvalue weighted by atomic mass is 16.5. The first kappa shape index (κ1) is 10.8. The molecule has 1 heterocycles. The van der Waals surface area contributed by atoms with Gasteiger partial charge in [-0.1, -0.05) is 18.2 Å². The van der Waals surface area contributed by atoms with Crippen molar-refractivity contribution in [2.45, 2.75) is 25.9 Å². The Morgan fingerprint density at radius 2 is 2.12 bits per heavy atom. The number of amidine groups is 1. The molecule has 1 aliphatic carbocycles. The smallest absolute Gasteiger partial charge is 0.123 e. The van der Waals surface area contributed by atoms with Crippen LogP contribution in [0.15, 0.2) is 23.2 Å². The van der Waals surface area contributed by atoms with Gasteiger partial charge in [0.15, 0.2) is 0 Å². The molecule has 0 amide bonds. The molecule has 3 nitrogen and oxygen atoms in total. The summed E-state index contributed by atoms with van der Waals surface area (Å²) in [7, 11) is 0. The predicted molar refractivity (Wildman–Crippen MR) is 68.4 cm³/mol. The van der Waals surface area contributed by atoms with Crippen molar-refractivity contribution in [2.24, 2.45) is 4.99 Å². The highest BCUT2D eigenvalue weighted by Crippen LogP contribution is 2.22. The first-order valence-electron chi connectivity index (χ1n) is 6.37. The van der Waals surface area contributed by atoms with Crippen LogP contribution in [-0.4, -0.2) is 25.5 Å². The summed E-state index contributed by atoms with van der Waals surface area (Å²) in [5.74, 6) is 0.992. The van der Waals surface area contributed by atoms with E-state index in [1.54, 1.807) is 0 Å². The van der Waals surface area contributed by atoms with E-state index in [2.05, 4.69) is 28.5 Å². The second-order valence-electron chi connectivity index (χ2n) is 4.70. The summed E-state index contributed by atoms with van der Waals surface area (Å²) in [5, 5.41) is 3.21. The van der Waals surface area contributed by atoms with E-state index >= 15 is 0 Å². The number of hydrogen-bond donors (Lipinski definition) is 1. The maximum absolute atomic E-state index is 5.67. The van der Waals surface area contributed by atoms with Crippen LogP contribution in [-0.2, 0) is 24.2 Å². The molecule has 3 rings (SSSR count).